The number of rotatable bonds is 3. The van der Waals surface area contributed by atoms with Crippen molar-refractivity contribution in [1.82, 2.24) is 10.2 Å². The second-order valence-electron chi connectivity index (χ2n) is 5.90. The van der Waals surface area contributed by atoms with Crippen LogP contribution in [0.1, 0.15) is 37.3 Å². The Morgan fingerprint density at radius 3 is 2.67 bits per heavy atom. The van der Waals surface area contributed by atoms with E-state index in [2.05, 4.69) is 5.32 Å². The normalized spacial score (nSPS) is 25.8. The summed E-state index contributed by atoms with van der Waals surface area (Å²) in [4.78, 5) is 25.9. The molecule has 4 nitrogen and oxygen atoms in total. The third-order valence-electron chi connectivity index (χ3n) is 4.35. The molecule has 1 aromatic rings. The first kappa shape index (κ1) is 14.0. The first-order chi connectivity index (χ1) is 10.1. The van der Waals surface area contributed by atoms with Crippen molar-refractivity contribution >= 4 is 11.8 Å². The van der Waals surface area contributed by atoms with E-state index in [0.717, 1.165) is 12.8 Å². The molecule has 1 saturated heterocycles. The summed E-state index contributed by atoms with van der Waals surface area (Å²) < 4.78 is 14.1. The zero-order valence-electron chi connectivity index (χ0n) is 12.0. The van der Waals surface area contributed by atoms with Crippen molar-refractivity contribution in [3.05, 3.63) is 35.6 Å². The number of nitrogens with one attached hydrogen (secondary N) is 1. The molecular formula is C16H19FN2O2. The summed E-state index contributed by atoms with van der Waals surface area (Å²) in [6.07, 6.45) is 2.83. The fourth-order valence-corrected chi connectivity index (χ4v) is 2.99. The van der Waals surface area contributed by atoms with E-state index in [0.29, 0.717) is 18.4 Å². The predicted octanol–water partition coefficient (Wildman–Crippen LogP) is 2.01. The van der Waals surface area contributed by atoms with Crippen LogP contribution >= 0.6 is 0 Å². The van der Waals surface area contributed by atoms with E-state index in [1.54, 1.807) is 25.2 Å². The van der Waals surface area contributed by atoms with E-state index in [1.165, 1.54) is 11.0 Å². The van der Waals surface area contributed by atoms with E-state index in [9.17, 15) is 14.0 Å². The van der Waals surface area contributed by atoms with Gasteiger partial charge in [-0.25, -0.2) is 4.39 Å². The molecule has 1 aliphatic heterocycles. The lowest BCUT2D eigenvalue weighted by Crippen LogP contribution is -2.47. The number of hydrogen-bond acceptors (Lipinski definition) is 2. The number of carbonyl (C=O) groups is 2. The molecule has 1 heterocycles. The first-order valence-corrected chi connectivity index (χ1v) is 7.38. The molecule has 0 aromatic heterocycles. The van der Waals surface area contributed by atoms with Crippen LogP contribution in [0.2, 0.25) is 0 Å². The van der Waals surface area contributed by atoms with Crippen LogP contribution < -0.4 is 5.32 Å². The van der Waals surface area contributed by atoms with Crippen LogP contribution in [-0.4, -0.2) is 29.8 Å². The van der Waals surface area contributed by atoms with Crippen molar-refractivity contribution in [3.8, 4) is 0 Å². The van der Waals surface area contributed by atoms with Gasteiger partial charge in [0.05, 0.1) is 12.0 Å². The van der Waals surface area contributed by atoms with Gasteiger partial charge in [-0.2, -0.15) is 0 Å². The maximum Gasteiger partial charge on any atom is 0.225 e. The standard InChI is InChI=1S/C16H19FN2O2/c1-19-14(20)9-8-12(16(21)18-10-6-7-10)15(19)11-4-2-3-5-13(11)17/h2-5,10,12,15H,6-9H2,1H3,(H,18,21). The minimum absolute atomic E-state index is 0.0428. The molecule has 0 spiro atoms. The molecule has 3 rings (SSSR count). The molecule has 1 aromatic carbocycles. The molecule has 0 bridgehead atoms. The van der Waals surface area contributed by atoms with Crippen LogP contribution in [0.25, 0.3) is 0 Å². The largest absolute Gasteiger partial charge is 0.353 e. The Morgan fingerprint density at radius 2 is 2.00 bits per heavy atom. The highest BCUT2D eigenvalue weighted by atomic mass is 19.1. The summed E-state index contributed by atoms with van der Waals surface area (Å²) in [5.74, 6) is -0.859. The van der Waals surface area contributed by atoms with Gasteiger partial charge >= 0.3 is 0 Å². The minimum atomic E-state index is -0.522. The number of hydrogen-bond donors (Lipinski definition) is 1. The summed E-state index contributed by atoms with van der Waals surface area (Å²) in [7, 11) is 1.65. The smallest absolute Gasteiger partial charge is 0.225 e. The average Bonchev–Trinajstić information content (AvgIpc) is 3.26. The monoisotopic (exact) mass is 290 g/mol. The molecule has 2 fully saturated rings. The Bertz CT molecular complexity index is 571. The van der Waals surface area contributed by atoms with E-state index < -0.39 is 6.04 Å². The third kappa shape index (κ3) is 2.77. The number of amides is 2. The first-order valence-electron chi connectivity index (χ1n) is 7.38. The molecule has 5 heteroatoms. The van der Waals surface area contributed by atoms with Crippen molar-refractivity contribution in [3.63, 3.8) is 0 Å². The van der Waals surface area contributed by atoms with Crippen LogP contribution in [0.4, 0.5) is 4.39 Å². The topological polar surface area (TPSA) is 49.4 Å². The van der Waals surface area contributed by atoms with E-state index in [4.69, 9.17) is 0 Å². The number of carbonyl (C=O) groups excluding carboxylic acids is 2. The zero-order valence-corrected chi connectivity index (χ0v) is 12.0. The highest BCUT2D eigenvalue weighted by Gasteiger charge is 2.41. The lowest BCUT2D eigenvalue weighted by molar-refractivity contribution is -0.141. The lowest BCUT2D eigenvalue weighted by atomic mass is 9.83. The second kappa shape index (κ2) is 5.47. The zero-order chi connectivity index (χ0) is 15.0. The predicted molar refractivity (Wildman–Crippen MR) is 75.8 cm³/mol. The molecule has 1 saturated carbocycles. The molecule has 1 aliphatic carbocycles. The maximum absolute atomic E-state index is 14.1. The highest BCUT2D eigenvalue weighted by Crippen LogP contribution is 2.37. The van der Waals surface area contributed by atoms with Crippen molar-refractivity contribution in [2.45, 2.75) is 37.8 Å². The van der Waals surface area contributed by atoms with E-state index in [1.807, 2.05) is 0 Å². The molecule has 112 valence electrons. The molecule has 2 aliphatic rings. The van der Waals surface area contributed by atoms with Crippen LogP contribution in [0, 0.1) is 11.7 Å². The summed E-state index contributed by atoms with van der Waals surface area (Å²) in [6, 6.07) is 6.13. The average molecular weight is 290 g/mol. The number of likely N-dealkylation sites (tertiary alicyclic amines) is 1. The van der Waals surface area contributed by atoms with E-state index in [-0.39, 0.29) is 29.6 Å². The van der Waals surface area contributed by atoms with Gasteiger partial charge in [0.1, 0.15) is 5.82 Å². The minimum Gasteiger partial charge on any atom is -0.353 e. The Kier molecular flexibility index (Phi) is 3.66. The summed E-state index contributed by atoms with van der Waals surface area (Å²) >= 11 is 0. The summed E-state index contributed by atoms with van der Waals surface area (Å²) in [5, 5.41) is 2.98. The fraction of sp³-hybridized carbons (Fsp3) is 0.500. The molecule has 0 radical (unpaired) electrons. The van der Waals surface area contributed by atoms with Crippen molar-refractivity contribution in [2.75, 3.05) is 7.05 Å². The Morgan fingerprint density at radius 1 is 1.29 bits per heavy atom. The van der Waals surface area contributed by atoms with Gasteiger partial charge < -0.3 is 10.2 Å². The van der Waals surface area contributed by atoms with Gasteiger partial charge in [0, 0.05) is 25.1 Å². The molecular weight excluding hydrogens is 271 g/mol. The molecule has 2 unspecified atom stereocenters. The van der Waals surface area contributed by atoms with E-state index >= 15 is 0 Å². The Hall–Kier alpha value is -1.91. The number of benzene rings is 1. The van der Waals surface area contributed by atoms with Crippen LogP contribution in [0.5, 0.6) is 0 Å². The third-order valence-corrected chi connectivity index (χ3v) is 4.35. The maximum atomic E-state index is 14.1. The van der Waals surface area contributed by atoms with Gasteiger partial charge in [-0.1, -0.05) is 18.2 Å². The van der Waals surface area contributed by atoms with Gasteiger partial charge in [0.2, 0.25) is 11.8 Å². The lowest BCUT2D eigenvalue weighted by Gasteiger charge is -2.38. The summed E-state index contributed by atoms with van der Waals surface area (Å²) in [6.45, 7) is 0. The van der Waals surface area contributed by atoms with Gasteiger partial charge in [0.15, 0.2) is 0 Å². The van der Waals surface area contributed by atoms with Gasteiger partial charge in [-0.15, -0.1) is 0 Å². The highest BCUT2D eigenvalue weighted by molar-refractivity contribution is 5.85. The quantitative estimate of drug-likeness (QED) is 0.926. The molecule has 2 amide bonds. The second-order valence-corrected chi connectivity index (χ2v) is 5.90. The SMILES string of the molecule is CN1C(=O)CCC(C(=O)NC2CC2)C1c1ccccc1F. The number of halogens is 1. The molecule has 2 atom stereocenters. The number of piperidine rings is 1. The summed E-state index contributed by atoms with van der Waals surface area (Å²) in [5.41, 5.74) is 0.420. The van der Waals surface area contributed by atoms with Crippen molar-refractivity contribution in [1.29, 1.82) is 0 Å². The van der Waals surface area contributed by atoms with Crippen molar-refractivity contribution in [2.24, 2.45) is 5.92 Å². The fourth-order valence-electron chi connectivity index (χ4n) is 2.99. The van der Waals surface area contributed by atoms with Gasteiger partial charge in [-0.05, 0) is 25.3 Å². The van der Waals surface area contributed by atoms with Crippen LogP contribution in [0.3, 0.4) is 0 Å². The Labute approximate surface area is 123 Å². The van der Waals surface area contributed by atoms with Gasteiger partial charge in [0.25, 0.3) is 0 Å². The van der Waals surface area contributed by atoms with Gasteiger partial charge in [-0.3, -0.25) is 9.59 Å². The van der Waals surface area contributed by atoms with Crippen LogP contribution in [0.15, 0.2) is 24.3 Å². The Balaban J connectivity index is 1.91. The number of nitrogens with zero attached hydrogens (tertiary/aromatic N) is 1. The molecule has 1 N–H and O–H groups in total. The molecule has 21 heavy (non-hydrogen) atoms. The van der Waals surface area contributed by atoms with Crippen molar-refractivity contribution < 1.29 is 14.0 Å². The van der Waals surface area contributed by atoms with Crippen LogP contribution in [-0.2, 0) is 9.59 Å².